The predicted molar refractivity (Wildman–Crippen MR) is 69.2 cm³/mol. The number of hydrogen-bond acceptors (Lipinski definition) is 3. The van der Waals surface area contributed by atoms with Gasteiger partial charge in [-0.1, -0.05) is 12.1 Å². The summed E-state index contributed by atoms with van der Waals surface area (Å²) in [5.41, 5.74) is 10.1. The molecular formula is C14H16N2O. The summed E-state index contributed by atoms with van der Waals surface area (Å²) in [5.74, 6) is 0.913. The van der Waals surface area contributed by atoms with Crippen LogP contribution in [0.1, 0.15) is 16.7 Å². The number of ether oxygens (including phenoxy) is 1. The van der Waals surface area contributed by atoms with Crippen molar-refractivity contribution >= 4 is 5.69 Å². The van der Waals surface area contributed by atoms with Crippen LogP contribution in [-0.4, -0.2) is 12.1 Å². The van der Waals surface area contributed by atoms with Crippen molar-refractivity contribution in [1.82, 2.24) is 4.98 Å². The number of rotatable bonds is 3. The first-order valence-corrected chi connectivity index (χ1v) is 5.52. The fourth-order valence-electron chi connectivity index (χ4n) is 1.87. The summed E-state index contributed by atoms with van der Waals surface area (Å²) in [4.78, 5) is 3.99. The number of nitrogen functional groups attached to an aromatic ring is 1. The van der Waals surface area contributed by atoms with Crippen molar-refractivity contribution in [3.8, 4) is 5.75 Å². The van der Waals surface area contributed by atoms with Crippen LogP contribution in [0.4, 0.5) is 5.69 Å². The molecule has 2 aromatic rings. The molecule has 3 heteroatoms. The van der Waals surface area contributed by atoms with Gasteiger partial charge in [0.2, 0.25) is 0 Å². The molecule has 3 nitrogen and oxygen atoms in total. The third-order valence-electron chi connectivity index (χ3n) is 2.80. The molecule has 2 N–H and O–H groups in total. The van der Waals surface area contributed by atoms with E-state index in [4.69, 9.17) is 10.5 Å². The highest BCUT2D eigenvalue weighted by Gasteiger charge is 2.03. The Labute approximate surface area is 101 Å². The molecule has 0 radical (unpaired) electrons. The zero-order chi connectivity index (χ0) is 12.3. The number of aryl methyl sites for hydroxylation is 1. The molecule has 0 saturated carbocycles. The number of hydrogen-bond donors (Lipinski definition) is 1. The summed E-state index contributed by atoms with van der Waals surface area (Å²) < 4.78 is 5.24. The Bertz CT molecular complexity index is 523. The highest BCUT2D eigenvalue weighted by atomic mass is 16.5. The molecule has 0 aliphatic rings. The molecular weight excluding hydrogens is 212 g/mol. The Balaban J connectivity index is 2.25. The molecule has 0 aliphatic heterocycles. The first-order chi connectivity index (χ1) is 8.20. The Morgan fingerprint density at radius 2 is 2.12 bits per heavy atom. The van der Waals surface area contributed by atoms with Gasteiger partial charge in [0.05, 0.1) is 19.0 Å². The number of pyridine rings is 1. The first-order valence-electron chi connectivity index (χ1n) is 5.52. The van der Waals surface area contributed by atoms with Gasteiger partial charge in [0.15, 0.2) is 0 Å². The van der Waals surface area contributed by atoms with Gasteiger partial charge < -0.3 is 10.5 Å². The SMILES string of the molecule is COc1ccc(Cc2ccncc2N)cc1C. The Hall–Kier alpha value is -2.03. The summed E-state index contributed by atoms with van der Waals surface area (Å²) in [7, 11) is 1.68. The lowest BCUT2D eigenvalue weighted by Gasteiger charge is -2.08. The van der Waals surface area contributed by atoms with Crippen LogP contribution in [-0.2, 0) is 6.42 Å². The molecule has 0 amide bonds. The Morgan fingerprint density at radius 3 is 2.76 bits per heavy atom. The Morgan fingerprint density at radius 1 is 1.29 bits per heavy atom. The van der Waals surface area contributed by atoms with Gasteiger partial charge in [0, 0.05) is 6.20 Å². The van der Waals surface area contributed by atoms with Crippen LogP contribution in [0, 0.1) is 6.92 Å². The first kappa shape index (κ1) is 11.5. The largest absolute Gasteiger partial charge is 0.496 e. The lowest BCUT2D eigenvalue weighted by molar-refractivity contribution is 0.411. The van der Waals surface area contributed by atoms with Crippen LogP contribution in [0.2, 0.25) is 0 Å². The molecule has 0 bridgehead atoms. The summed E-state index contributed by atoms with van der Waals surface area (Å²) in [6.07, 6.45) is 4.27. The van der Waals surface area contributed by atoms with Crippen LogP contribution in [0.25, 0.3) is 0 Å². The maximum absolute atomic E-state index is 5.88. The molecule has 0 aliphatic carbocycles. The average molecular weight is 228 g/mol. The molecule has 0 saturated heterocycles. The van der Waals surface area contributed by atoms with Gasteiger partial charge in [-0.2, -0.15) is 0 Å². The molecule has 1 aromatic carbocycles. The zero-order valence-electron chi connectivity index (χ0n) is 10.1. The second kappa shape index (κ2) is 4.87. The van der Waals surface area contributed by atoms with Gasteiger partial charge in [0.1, 0.15) is 5.75 Å². The lowest BCUT2D eigenvalue weighted by Crippen LogP contribution is -1.97. The number of aromatic nitrogens is 1. The molecule has 88 valence electrons. The number of methoxy groups -OCH3 is 1. The van der Waals surface area contributed by atoms with Crippen molar-refractivity contribution in [2.75, 3.05) is 12.8 Å². The van der Waals surface area contributed by atoms with Crippen molar-refractivity contribution in [1.29, 1.82) is 0 Å². The van der Waals surface area contributed by atoms with Gasteiger partial charge in [0.25, 0.3) is 0 Å². The molecule has 2 rings (SSSR count). The van der Waals surface area contributed by atoms with E-state index in [2.05, 4.69) is 17.1 Å². The third kappa shape index (κ3) is 2.56. The summed E-state index contributed by atoms with van der Waals surface area (Å²) in [6, 6.07) is 8.13. The molecule has 1 aromatic heterocycles. The second-order valence-electron chi connectivity index (χ2n) is 4.06. The Kier molecular flexibility index (Phi) is 3.28. The van der Waals surface area contributed by atoms with Crippen molar-refractivity contribution in [3.05, 3.63) is 53.3 Å². The van der Waals surface area contributed by atoms with Crippen LogP contribution in [0.15, 0.2) is 36.7 Å². The van der Waals surface area contributed by atoms with Crippen molar-refractivity contribution in [3.63, 3.8) is 0 Å². The van der Waals surface area contributed by atoms with Crippen LogP contribution in [0.3, 0.4) is 0 Å². The minimum absolute atomic E-state index is 0.737. The third-order valence-corrected chi connectivity index (χ3v) is 2.80. The molecule has 0 fully saturated rings. The highest BCUT2D eigenvalue weighted by Crippen LogP contribution is 2.21. The normalized spacial score (nSPS) is 10.2. The number of benzene rings is 1. The molecule has 0 atom stereocenters. The van der Waals surface area contributed by atoms with Gasteiger partial charge in [-0.25, -0.2) is 0 Å². The highest BCUT2D eigenvalue weighted by molar-refractivity contribution is 5.47. The van der Waals surface area contributed by atoms with Crippen LogP contribution >= 0.6 is 0 Å². The van der Waals surface area contributed by atoms with E-state index in [0.717, 1.165) is 29.0 Å². The molecule has 17 heavy (non-hydrogen) atoms. The van der Waals surface area contributed by atoms with Crippen molar-refractivity contribution < 1.29 is 4.74 Å². The summed E-state index contributed by atoms with van der Waals surface area (Å²) >= 11 is 0. The van der Waals surface area contributed by atoms with Gasteiger partial charge in [-0.3, -0.25) is 4.98 Å². The van der Waals surface area contributed by atoms with Crippen molar-refractivity contribution in [2.24, 2.45) is 0 Å². The van der Waals surface area contributed by atoms with E-state index >= 15 is 0 Å². The maximum Gasteiger partial charge on any atom is 0.121 e. The molecule has 0 unspecified atom stereocenters. The topological polar surface area (TPSA) is 48.1 Å². The number of nitrogens with two attached hydrogens (primary N) is 1. The number of nitrogens with zero attached hydrogens (tertiary/aromatic N) is 1. The van der Waals surface area contributed by atoms with E-state index in [1.54, 1.807) is 19.5 Å². The summed E-state index contributed by atoms with van der Waals surface area (Å²) in [6.45, 7) is 2.04. The van der Waals surface area contributed by atoms with E-state index in [1.807, 2.05) is 19.1 Å². The number of anilines is 1. The van der Waals surface area contributed by atoms with Gasteiger partial charge >= 0.3 is 0 Å². The smallest absolute Gasteiger partial charge is 0.121 e. The van der Waals surface area contributed by atoms with E-state index in [1.165, 1.54) is 5.56 Å². The van der Waals surface area contributed by atoms with E-state index in [9.17, 15) is 0 Å². The lowest BCUT2D eigenvalue weighted by atomic mass is 10.0. The fourth-order valence-corrected chi connectivity index (χ4v) is 1.87. The zero-order valence-corrected chi connectivity index (χ0v) is 10.1. The fraction of sp³-hybridized carbons (Fsp3) is 0.214. The van der Waals surface area contributed by atoms with E-state index in [-0.39, 0.29) is 0 Å². The second-order valence-corrected chi connectivity index (χ2v) is 4.06. The predicted octanol–water partition coefficient (Wildman–Crippen LogP) is 2.57. The quantitative estimate of drug-likeness (QED) is 0.878. The molecule has 1 heterocycles. The van der Waals surface area contributed by atoms with E-state index in [0.29, 0.717) is 0 Å². The van der Waals surface area contributed by atoms with Crippen molar-refractivity contribution in [2.45, 2.75) is 13.3 Å². The minimum Gasteiger partial charge on any atom is -0.496 e. The van der Waals surface area contributed by atoms with E-state index < -0.39 is 0 Å². The van der Waals surface area contributed by atoms with Gasteiger partial charge in [-0.15, -0.1) is 0 Å². The standard InChI is InChI=1S/C14H16N2O/c1-10-7-11(3-4-14(10)17-2)8-12-5-6-16-9-13(12)15/h3-7,9H,8,15H2,1-2H3. The maximum atomic E-state index is 5.88. The van der Waals surface area contributed by atoms with Crippen LogP contribution in [0.5, 0.6) is 5.75 Å². The monoisotopic (exact) mass is 228 g/mol. The molecule has 0 spiro atoms. The summed E-state index contributed by atoms with van der Waals surface area (Å²) in [5, 5.41) is 0. The van der Waals surface area contributed by atoms with Gasteiger partial charge in [-0.05, 0) is 42.2 Å². The average Bonchev–Trinajstić information content (AvgIpc) is 2.32. The minimum atomic E-state index is 0.737. The van der Waals surface area contributed by atoms with Crippen LogP contribution < -0.4 is 10.5 Å².